The molecule has 0 radical (unpaired) electrons. The third-order valence-corrected chi connectivity index (χ3v) is 3.64. The lowest BCUT2D eigenvalue weighted by atomic mass is 9.81. The fourth-order valence-corrected chi connectivity index (χ4v) is 2.23. The van der Waals surface area contributed by atoms with Crippen LogP contribution in [0.4, 0.5) is 0 Å². The lowest BCUT2D eigenvalue weighted by Crippen LogP contribution is -2.34. The number of hydrogen-bond donors (Lipinski definition) is 1. The molecule has 1 atom stereocenters. The van der Waals surface area contributed by atoms with E-state index in [4.69, 9.17) is 16.3 Å². The molecule has 102 valence electrons. The van der Waals surface area contributed by atoms with Gasteiger partial charge >= 0.3 is 0 Å². The van der Waals surface area contributed by atoms with Crippen LogP contribution in [0.15, 0.2) is 24.3 Å². The zero-order valence-corrected chi connectivity index (χ0v) is 12.4. The van der Waals surface area contributed by atoms with Gasteiger partial charge in [-0.1, -0.05) is 37.6 Å². The molecule has 0 fully saturated rings. The van der Waals surface area contributed by atoms with Crippen molar-refractivity contribution in [1.29, 1.82) is 0 Å². The van der Waals surface area contributed by atoms with Crippen molar-refractivity contribution in [3.05, 3.63) is 34.9 Å². The van der Waals surface area contributed by atoms with Crippen molar-refractivity contribution < 1.29 is 4.74 Å². The quantitative estimate of drug-likeness (QED) is 0.729. The maximum Gasteiger partial charge on any atom is 0.0587 e. The molecule has 0 spiro atoms. The first-order chi connectivity index (χ1) is 8.59. The fraction of sp³-hybridized carbons (Fsp3) is 0.600. The number of methoxy groups -OCH3 is 1. The highest BCUT2D eigenvalue weighted by molar-refractivity contribution is 6.30. The topological polar surface area (TPSA) is 21.3 Å². The van der Waals surface area contributed by atoms with Gasteiger partial charge in [0, 0.05) is 25.2 Å². The molecule has 1 aromatic carbocycles. The normalized spacial score (nSPS) is 14.4. The first-order valence-corrected chi connectivity index (χ1v) is 6.91. The summed E-state index contributed by atoms with van der Waals surface area (Å²) in [6, 6.07) is 8.15. The Morgan fingerprint density at radius 2 is 2.17 bits per heavy atom. The van der Waals surface area contributed by atoms with E-state index in [9.17, 15) is 0 Å². The number of benzene rings is 1. The molecule has 1 unspecified atom stereocenters. The standard InChI is InChI=1S/C15H24ClNO/c1-4-15(2,12-17-8-9-18-3)11-13-6-5-7-14(16)10-13/h5-7,10,17H,4,8-9,11-12H2,1-3H3. The van der Waals surface area contributed by atoms with E-state index in [1.54, 1.807) is 7.11 Å². The van der Waals surface area contributed by atoms with Gasteiger partial charge in [0.05, 0.1) is 6.61 Å². The van der Waals surface area contributed by atoms with E-state index >= 15 is 0 Å². The van der Waals surface area contributed by atoms with Crippen LogP contribution in [-0.4, -0.2) is 26.8 Å². The Morgan fingerprint density at radius 1 is 1.39 bits per heavy atom. The molecular weight excluding hydrogens is 246 g/mol. The number of rotatable bonds is 8. The summed E-state index contributed by atoms with van der Waals surface area (Å²) in [5.74, 6) is 0. The molecule has 0 aliphatic carbocycles. The lowest BCUT2D eigenvalue weighted by molar-refractivity contribution is 0.191. The molecule has 3 heteroatoms. The van der Waals surface area contributed by atoms with Crippen LogP contribution in [0.3, 0.4) is 0 Å². The second kappa shape index (κ2) is 7.78. The minimum Gasteiger partial charge on any atom is -0.383 e. The highest BCUT2D eigenvalue weighted by Gasteiger charge is 2.22. The van der Waals surface area contributed by atoms with Gasteiger partial charge in [-0.05, 0) is 36.0 Å². The SMILES string of the molecule is CCC(C)(CNCCOC)Cc1cccc(Cl)c1. The van der Waals surface area contributed by atoms with Gasteiger partial charge in [-0.15, -0.1) is 0 Å². The highest BCUT2D eigenvalue weighted by atomic mass is 35.5. The Balaban J connectivity index is 2.53. The van der Waals surface area contributed by atoms with Crippen molar-refractivity contribution in [2.75, 3.05) is 26.8 Å². The number of hydrogen-bond acceptors (Lipinski definition) is 2. The van der Waals surface area contributed by atoms with Gasteiger partial charge in [0.2, 0.25) is 0 Å². The molecule has 0 aromatic heterocycles. The van der Waals surface area contributed by atoms with E-state index in [1.165, 1.54) is 5.56 Å². The Kier molecular flexibility index (Phi) is 6.69. The number of nitrogens with one attached hydrogen (secondary N) is 1. The Morgan fingerprint density at radius 3 is 2.78 bits per heavy atom. The molecule has 1 aromatic rings. The van der Waals surface area contributed by atoms with Crippen LogP contribution in [0.25, 0.3) is 0 Å². The van der Waals surface area contributed by atoms with Gasteiger partial charge < -0.3 is 10.1 Å². The smallest absolute Gasteiger partial charge is 0.0587 e. The van der Waals surface area contributed by atoms with Gasteiger partial charge in [-0.2, -0.15) is 0 Å². The van der Waals surface area contributed by atoms with Crippen molar-refractivity contribution in [2.45, 2.75) is 26.7 Å². The summed E-state index contributed by atoms with van der Waals surface area (Å²) in [7, 11) is 1.73. The second-order valence-electron chi connectivity index (χ2n) is 5.14. The van der Waals surface area contributed by atoms with Crippen LogP contribution in [0.1, 0.15) is 25.8 Å². The van der Waals surface area contributed by atoms with E-state index in [-0.39, 0.29) is 5.41 Å². The third-order valence-electron chi connectivity index (χ3n) is 3.41. The van der Waals surface area contributed by atoms with Crippen molar-refractivity contribution in [3.8, 4) is 0 Å². The van der Waals surface area contributed by atoms with E-state index in [0.29, 0.717) is 0 Å². The van der Waals surface area contributed by atoms with Gasteiger partial charge in [-0.3, -0.25) is 0 Å². The van der Waals surface area contributed by atoms with Gasteiger partial charge in [-0.25, -0.2) is 0 Å². The average Bonchev–Trinajstić information content (AvgIpc) is 2.35. The van der Waals surface area contributed by atoms with Crippen molar-refractivity contribution >= 4 is 11.6 Å². The summed E-state index contributed by atoms with van der Waals surface area (Å²) in [5, 5.41) is 4.27. The summed E-state index contributed by atoms with van der Waals surface area (Å²) >= 11 is 6.03. The Labute approximate surface area is 116 Å². The van der Waals surface area contributed by atoms with Crippen LogP contribution in [0.2, 0.25) is 5.02 Å². The van der Waals surface area contributed by atoms with Crippen LogP contribution >= 0.6 is 11.6 Å². The average molecular weight is 270 g/mol. The lowest BCUT2D eigenvalue weighted by Gasteiger charge is -2.29. The number of halogens is 1. The van der Waals surface area contributed by atoms with Gasteiger partial charge in [0.25, 0.3) is 0 Å². The first-order valence-electron chi connectivity index (χ1n) is 6.54. The zero-order valence-electron chi connectivity index (χ0n) is 11.6. The van der Waals surface area contributed by atoms with E-state index in [1.807, 2.05) is 12.1 Å². The van der Waals surface area contributed by atoms with Crippen molar-refractivity contribution in [1.82, 2.24) is 5.32 Å². The van der Waals surface area contributed by atoms with E-state index in [2.05, 4.69) is 31.3 Å². The number of ether oxygens (including phenoxy) is 1. The molecule has 0 amide bonds. The van der Waals surface area contributed by atoms with Crippen LogP contribution in [0, 0.1) is 5.41 Å². The molecule has 0 saturated carbocycles. The molecule has 1 N–H and O–H groups in total. The van der Waals surface area contributed by atoms with E-state index < -0.39 is 0 Å². The molecule has 0 bridgehead atoms. The van der Waals surface area contributed by atoms with E-state index in [0.717, 1.165) is 37.6 Å². The monoisotopic (exact) mass is 269 g/mol. The summed E-state index contributed by atoms with van der Waals surface area (Å²) in [4.78, 5) is 0. The Hall–Kier alpha value is -0.570. The summed E-state index contributed by atoms with van der Waals surface area (Å²) < 4.78 is 5.04. The van der Waals surface area contributed by atoms with Crippen LogP contribution in [-0.2, 0) is 11.2 Å². The molecule has 1 rings (SSSR count). The Bertz CT molecular complexity index is 356. The van der Waals surface area contributed by atoms with Crippen LogP contribution < -0.4 is 5.32 Å². The molecule has 18 heavy (non-hydrogen) atoms. The molecule has 0 aliphatic rings. The van der Waals surface area contributed by atoms with Crippen molar-refractivity contribution in [3.63, 3.8) is 0 Å². The summed E-state index contributed by atoms with van der Waals surface area (Å²) in [5.41, 5.74) is 1.57. The third kappa shape index (κ3) is 5.38. The molecule has 0 heterocycles. The first kappa shape index (κ1) is 15.5. The largest absolute Gasteiger partial charge is 0.383 e. The summed E-state index contributed by atoms with van der Waals surface area (Å²) in [6.45, 7) is 7.22. The fourth-order valence-electron chi connectivity index (χ4n) is 2.02. The molecule has 0 aliphatic heterocycles. The predicted octanol–water partition coefficient (Wildman–Crippen LogP) is 3.53. The zero-order chi connectivity index (χ0) is 13.4. The summed E-state index contributed by atoms with van der Waals surface area (Å²) in [6.07, 6.45) is 2.18. The van der Waals surface area contributed by atoms with Crippen molar-refractivity contribution in [2.24, 2.45) is 5.41 Å². The predicted molar refractivity (Wildman–Crippen MR) is 78.3 cm³/mol. The van der Waals surface area contributed by atoms with Gasteiger partial charge in [0.15, 0.2) is 0 Å². The molecule has 2 nitrogen and oxygen atoms in total. The van der Waals surface area contributed by atoms with Crippen LogP contribution in [0.5, 0.6) is 0 Å². The second-order valence-corrected chi connectivity index (χ2v) is 5.58. The molecular formula is C15H24ClNO. The minimum absolute atomic E-state index is 0.262. The minimum atomic E-state index is 0.262. The maximum absolute atomic E-state index is 6.03. The highest BCUT2D eigenvalue weighted by Crippen LogP contribution is 2.26. The molecule has 0 saturated heterocycles. The maximum atomic E-state index is 6.03. The van der Waals surface area contributed by atoms with Gasteiger partial charge in [0.1, 0.15) is 0 Å².